The van der Waals surface area contributed by atoms with Crippen molar-refractivity contribution in [1.29, 1.82) is 0 Å². The van der Waals surface area contributed by atoms with Gasteiger partial charge in [0.05, 0.1) is 26.4 Å². The van der Waals surface area contributed by atoms with Gasteiger partial charge in [0.2, 0.25) is 0 Å². The maximum Gasteiger partial charge on any atom is 0.306 e. The number of hydrogen-bond donors (Lipinski definition) is 7. The summed E-state index contributed by atoms with van der Waals surface area (Å²) >= 11 is 0. The summed E-state index contributed by atoms with van der Waals surface area (Å²) in [6.45, 7) is 3.67. The Kier molecular flexibility index (Phi) is 47.3. The third-order valence-electron chi connectivity index (χ3n) is 15.0. The summed E-state index contributed by atoms with van der Waals surface area (Å²) in [5.41, 5.74) is 0. The number of aliphatic hydroxyl groups excluding tert-OH is 7. The molecule has 0 aromatic rings. The van der Waals surface area contributed by atoms with Gasteiger partial charge in [0.25, 0.3) is 0 Å². The summed E-state index contributed by atoms with van der Waals surface area (Å²) in [5.74, 6) is -0.381. The highest BCUT2D eigenvalue weighted by Gasteiger charge is 2.47. The molecule has 460 valence electrons. The van der Waals surface area contributed by atoms with Gasteiger partial charge in [-0.2, -0.15) is 0 Å². The number of esters is 1. The second-order valence-electron chi connectivity index (χ2n) is 22.2. The predicted molar refractivity (Wildman–Crippen MR) is 316 cm³/mol. The lowest BCUT2D eigenvalue weighted by atomic mass is 9.98. The van der Waals surface area contributed by atoms with Gasteiger partial charge in [0, 0.05) is 13.0 Å². The Balaban J connectivity index is 1.69. The van der Waals surface area contributed by atoms with Crippen molar-refractivity contribution in [1.82, 2.24) is 0 Å². The molecule has 11 unspecified atom stereocenters. The number of carbonyl (C=O) groups is 1. The topological polar surface area (TPSA) is 214 Å². The highest BCUT2D eigenvalue weighted by Crippen LogP contribution is 2.27. The lowest BCUT2D eigenvalue weighted by Gasteiger charge is -2.42. The van der Waals surface area contributed by atoms with Crippen molar-refractivity contribution < 1.29 is 69.0 Å². The van der Waals surface area contributed by atoms with E-state index in [1.165, 1.54) is 154 Å². The van der Waals surface area contributed by atoms with E-state index in [-0.39, 0.29) is 25.6 Å². The van der Waals surface area contributed by atoms with E-state index in [1.807, 2.05) is 0 Å². The number of ether oxygens (including phenoxy) is 6. The first-order chi connectivity index (χ1) is 38.6. The largest absolute Gasteiger partial charge is 0.457 e. The average Bonchev–Trinajstić information content (AvgIpc) is 3.46. The molecule has 0 bridgehead atoms. The molecule has 14 heteroatoms. The van der Waals surface area contributed by atoms with E-state index in [2.05, 4.69) is 74.6 Å². The molecule has 0 saturated carbocycles. The van der Waals surface area contributed by atoms with Crippen LogP contribution in [-0.4, -0.2) is 142 Å². The van der Waals surface area contributed by atoms with Crippen molar-refractivity contribution >= 4 is 5.97 Å². The molecule has 0 aromatic heterocycles. The zero-order valence-corrected chi connectivity index (χ0v) is 49.6. The van der Waals surface area contributed by atoms with Crippen LogP contribution in [0.5, 0.6) is 0 Å². The van der Waals surface area contributed by atoms with Crippen LogP contribution in [0.2, 0.25) is 0 Å². The molecule has 0 aromatic carbocycles. The van der Waals surface area contributed by atoms with E-state index in [9.17, 15) is 40.5 Å². The number of aliphatic hydroxyl groups is 7. The zero-order chi connectivity index (χ0) is 57.2. The minimum absolute atomic E-state index is 0.0528. The molecule has 14 nitrogen and oxygen atoms in total. The summed E-state index contributed by atoms with van der Waals surface area (Å²) in [5, 5.41) is 72.5. The summed E-state index contributed by atoms with van der Waals surface area (Å²) in [6, 6.07) is 0. The van der Waals surface area contributed by atoms with Crippen LogP contribution in [0.1, 0.15) is 245 Å². The lowest BCUT2D eigenvalue weighted by molar-refractivity contribution is -0.332. The number of rotatable bonds is 52. The fraction of sp³-hybridized carbons (Fsp3) is 0.831. The van der Waals surface area contributed by atoms with Crippen molar-refractivity contribution in [2.24, 2.45) is 0 Å². The lowest BCUT2D eigenvalue weighted by Crippen LogP contribution is -2.61. The predicted octanol–water partition coefficient (Wildman–Crippen LogP) is 12.4. The van der Waals surface area contributed by atoms with E-state index >= 15 is 0 Å². The van der Waals surface area contributed by atoms with E-state index in [1.54, 1.807) is 0 Å². The minimum Gasteiger partial charge on any atom is -0.457 e. The molecule has 2 aliphatic heterocycles. The van der Waals surface area contributed by atoms with Gasteiger partial charge in [-0.25, -0.2) is 0 Å². The first-order valence-corrected chi connectivity index (χ1v) is 31.9. The van der Waals surface area contributed by atoms with E-state index < -0.39 is 80.7 Å². The molecular weight excluding hydrogens is 1000 g/mol. The van der Waals surface area contributed by atoms with Crippen LogP contribution in [0, 0.1) is 0 Å². The quantitative estimate of drug-likeness (QED) is 0.0172. The molecule has 2 aliphatic rings. The van der Waals surface area contributed by atoms with Gasteiger partial charge in [0.1, 0.15) is 54.9 Å². The zero-order valence-electron chi connectivity index (χ0n) is 49.6. The van der Waals surface area contributed by atoms with Crippen molar-refractivity contribution in [3.63, 3.8) is 0 Å². The van der Waals surface area contributed by atoms with Crippen LogP contribution in [0.4, 0.5) is 0 Å². The number of allylic oxidation sites excluding steroid dienone is 10. The second kappa shape index (κ2) is 51.3. The standard InChI is InChI=1S/C65H116O14/c1-3-5-7-9-11-13-15-17-19-21-23-25-27-28-30-32-34-36-38-40-42-44-46-48-57(67)77-54(51-74-49-47-45-43-41-39-37-35-33-31-29-26-24-22-20-18-16-14-12-10-8-6-4-2)52-75-64-63(73)61(71)59(69)56(79-64)53-76-65-62(72)60(70)58(68)55(50-66)78-65/h15-18,21-24,29,31,54-56,58-66,68-73H,3-14,19-20,25-28,30,32-53H2,1-2H3/b17-15-,18-16-,23-21-,24-22-,31-29-. The normalized spacial score (nSPS) is 24.4. The maximum atomic E-state index is 13.1. The van der Waals surface area contributed by atoms with Gasteiger partial charge < -0.3 is 64.2 Å². The van der Waals surface area contributed by atoms with Gasteiger partial charge in [-0.3, -0.25) is 4.79 Å². The average molecular weight is 1120 g/mol. The van der Waals surface area contributed by atoms with Crippen molar-refractivity contribution in [3.8, 4) is 0 Å². The SMILES string of the molecule is CCCCCCC/C=C\C/C=C\C/C=C\CCCCCCCCCOCC(COC1OC(COC2OC(CO)C(O)C(O)C2O)C(O)C(O)C1O)OC(=O)CCCCCCCCCCCCC/C=C\C/C=C\CCCCCCC. The van der Waals surface area contributed by atoms with Crippen molar-refractivity contribution in [3.05, 3.63) is 60.8 Å². The minimum atomic E-state index is -1.71. The fourth-order valence-electron chi connectivity index (χ4n) is 9.85. The third-order valence-corrected chi connectivity index (χ3v) is 15.0. The molecule has 0 spiro atoms. The van der Waals surface area contributed by atoms with Gasteiger partial charge in [-0.15, -0.1) is 0 Å². The molecule has 2 saturated heterocycles. The molecular formula is C65H116O14. The summed E-state index contributed by atoms with van der Waals surface area (Å²) in [6.07, 6.45) is 48.5. The van der Waals surface area contributed by atoms with E-state index in [4.69, 9.17) is 28.4 Å². The monoisotopic (exact) mass is 1120 g/mol. The third kappa shape index (κ3) is 37.5. The van der Waals surface area contributed by atoms with Gasteiger partial charge in [-0.05, 0) is 83.5 Å². The molecule has 79 heavy (non-hydrogen) atoms. The Hall–Kier alpha value is -2.31. The van der Waals surface area contributed by atoms with Crippen LogP contribution in [0.25, 0.3) is 0 Å². The second-order valence-corrected chi connectivity index (χ2v) is 22.2. The van der Waals surface area contributed by atoms with Crippen LogP contribution >= 0.6 is 0 Å². The van der Waals surface area contributed by atoms with Gasteiger partial charge in [0.15, 0.2) is 12.6 Å². The van der Waals surface area contributed by atoms with Crippen molar-refractivity contribution in [2.75, 3.05) is 33.0 Å². The molecule has 11 atom stereocenters. The number of carbonyl (C=O) groups excluding carboxylic acids is 1. The molecule has 2 rings (SSSR count). The Labute approximate surface area is 479 Å². The Morgan fingerprint density at radius 2 is 0.785 bits per heavy atom. The summed E-state index contributed by atoms with van der Waals surface area (Å²) < 4.78 is 34.5. The smallest absolute Gasteiger partial charge is 0.306 e. The first kappa shape index (κ1) is 72.8. The highest BCUT2D eigenvalue weighted by atomic mass is 16.7. The fourth-order valence-corrected chi connectivity index (χ4v) is 9.85. The molecule has 2 heterocycles. The molecule has 0 amide bonds. The van der Waals surface area contributed by atoms with Gasteiger partial charge >= 0.3 is 5.97 Å². The number of unbranched alkanes of at least 4 members (excludes halogenated alkanes) is 28. The van der Waals surface area contributed by atoms with Crippen LogP contribution < -0.4 is 0 Å². The Morgan fingerprint density at radius 1 is 0.418 bits per heavy atom. The van der Waals surface area contributed by atoms with Gasteiger partial charge in [-0.1, -0.05) is 216 Å². The summed E-state index contributed by atoms with van der Waals surface area (Å²) in [4.78, 5) is 13.1. The van der Waals surface area contributed by atoms with Crippen LogP contribution in [0.3, 0.4) is 0 Å². The maximum absolute atomic E-state index is 13.1. The molecule has 7 N–H and O–H groups in total. The molecule has 0 aliphatic carbocycles. The Bertz CT molecular complexity index is 1540. The van der Waals surface area contributed by atoms with Crippen LogP contribution in [-0.2, 0) is 33.2 Å². The van der Waals surface area contributed by atoms with Crippen LogP contribution in [0.15, 0.2) is 60.8 Å². The van der Waals surface area contributed by atoms with E-state index in [0.29, 0.717) is 13.0 Å². The summed E-state index contributed by atoms with van der Waals surface area (Å²) in [7, 11) is 0. The highest BCUT2D eigenvalue weighted by molar-refractivity contribution is 5.69. The van der Waals surface area contributed by atoms with E-state index in [0.717, 1.165) is 64.2 Å². The Morgan fingerprint density at radius 3 is 1.23 bits per heavy atom. The molecule has 2 fully saturated rings. The molecule has 0 radical (unpaired) electrons. The number of hydrogen-bond acceptors (Lipinski definition) is 14. The van der Waals surface area contributed by atoms with Crippen molar-refractivity contribution in [2.45, 2.75) is 313 Å². The first-order valence-electron chi connectivity index (χ1n) is 31.9.